The number of hydrogen-bond acceptors (Lipinski definition) is 7. The molecule has 0 radical (unpaired) electrons. The van der Waals surface area contributed by atoms with Crippen LogP contribution in [0.2, 0.25) is 0 Å². The van der Waals surface area contributed by atoms with Crippen LogP contribution in [0, 0.1) is 5.92 Å². The van der Waals surface area contributed by atoms with Gasteiger partial charge < -0.3 is 23.7 Å². The van der Waals surface area contributed by atoms with Gasteiger partial charge in [0.05, 0.1) is 33.0 Å². The third-order valence-electron chi connectivity index (χ3n) is 6.58. The predicted octanol–water partition coefficient (Wildman–Crippen LogP) is 7.56. The third-order valence-corrected chi connectivity index (χ3v) is 6.58. The molecule has 13 heteroatoms. The molecule has 0 N–H and O–H groups in total. The summed E-state index contributed by atoms with van der Waals surface area (Å²) in [7, 11) is 0. The van der Waals surface area contributed by atoms with Crippen molar-refractivity contribution in [2.45, 2.75) is 76.4 Å². The van der Waals surface area contributed by atoms with E-state index in [9.17, 15) is 35.9 Å². The van der Waals surface area contributed by atoms with E-state index in [1.54, 1.807) is 0 Å². The molecule has 0 amide bonds. The number of carbonyl (C=O) groups excluding carboxylic acids is 2. The molecule has 0 bridgehead atoms. The number of unbranched alkanes of at least 4 members (excludes halogenated alkanes) is 6. The predicted molar refractivity (Wildman–Crippen MR) is 144 cm³/mol. The van der Waals surface area contributed by atoms with Crippen molar-refractivity contribution in [2.24, 2.45) is 5.92 Å². The first kappa shape index (κ1) is 36.1. The molecule has 242 valence electrons. The van der Waals surface area contributed by atoms with Gasteiger partial charge in [-0.2, -0.15) is 26.3 Å². The molecule has 7 nitrogen and oxygen atoms in total. The highest BCUT2D eigenvalue weighted by Crippen LogP contribution is 2.29. The molecule has 1 heterocycles. The molecular formula is C30H38F6O7. The summed E-state index contributed by atoms with van der Waals surface area (Å²) in [6.45, 7) is 6.77. The number of halogens is 6. The first-order valence-corrected chi connectivity index (χ1v) is 14.1. The smallest absolute Gasteiger partial charge is 0.422 e. The van der Waals surface area contributed by atoms with Gasteiger partial charge in [-0.1, -0.05) is 44.6 Å². The van der Waals surface area contributed by atoms with Crippen LogP contribution in [0.3, 0.4) is 0 Å². The van der Waals surface area contributed by atoms with Gasteiger partial charge in [0.1, 0.15) is 16.9 Å². The second-order valence-corrected chi connectivity index (χ2v) is 10.1. The Morgan fingerprint density at radius 1 is 0.698 bits per heavy atom. The Hall–Kier alpha value is -3.06. The van der Waals surface area contributed by atoms with Crippen LogP contribution >= 0.6 is 0 Å². The first-order valence-electron chi connectivity index (χ1n) is 14.1. The van der Waals surface area contributed by atoms with E-state index in [0.29, 0.717) is 44.8 Å². The van der Waals surface area contributed by atoms with Crippen LogP contribution in [0.15, 0.2) is 48.6 Å². The van der Waals surface area contributed by atoms with Gasteiger partial charge in [0, 0.05) is 11.5 Å². The molecule has 0 aromatic heterocycles. The number of rotatable bonds is 18. The van der Waals surface area contributed by atoms with Crippen molar-refractivity contribution in [3.8, 4) is 5.75 Å². The van der Waals surface area contributed by atoms with Gasteiger partial charge in [-0.3, -0.25) is 0 Å². The summed E-state index contributed by atoms with van der Waals surface area (Å²) in [5.74, 6) is -1.97. The lowest BCUT2D eigenvalue weighted by molar-refractivity contribution is -0.206. The Morgan fingerprint density at radius 2 is 1.14 bits per heavy atom. The van der Waals surface area contributed by atoms with Crippen LogP contribution in [-0.2, 0) is 28.5 Å². The number of alkyl halides is 6. The molecule has 1 aliphatic heterocycles. The summed E-state index contributed by atoms with van der Waals surface area (Å²) in [6, 6.07) is 7.36. The minimum absolute atomic E-state index is 0.0778. The van der Waals surface area contributed by atoms with Crippen molar-refractivity contribution in [3.05, 3.63) is 54.1 Å². The lowest BCUT2D eigenvalue weighted by Crippen LogP contribution is -2.27. The summed E-state index contributed by atoms with van der Waals surface area (Å²) in [5.41, 5.74) is -2.15. The van der Waals surface area contributed by atoms with Crippen molar-refractivity contribution in [1.29, 1.82) is 0 Å². The van der Waals surface area contributed by atoms with Crippen LogP contribution in [0.1, 0.15) is 69.6 Å². The zero-order chi connectivity index (χ0) is 31.9. The Balaban J connectivity index is 1.50. The molecule has 1 aliphatic rings. The minimum atomic E-state index is -4.79. The van der Waals surface area contributed by atoms with Crippen LogP contribution in [0.4, 0.5) is 26.3 Å². The topological polar surface area (TPSA) is 80.3 Å². The number of carbonyl (C=O) groups is 2. The van der Waals surface area contributed by atoms with Gasteiger partial charge in [-0.25, -0.2) is 9.59 Å². The van der Waals surface area contributed by atoms with E-state index in [1.807, 2.05) is 24.3 Å². The molecule has 1 aromatic rings. The summed E-state index contributed by atoms with van der Waals surface area (Å²) in [5, 5.41) is 0. The maximum Gasteiger partial charge on any atom is 0.422 e. The van der Waals surface area contributed by atoms with Gasteiger partial charge in [-0.05, 0) is 50.7 Å². The standard InChI is InChI=1S/C30H38F6O7/c1-21(29(31,32)33)26(37)40-17-9-4-3-7-11-23-19-42-28(43-20-23)24-12-14-25(15-13-24)39-16-8-5-6-10-18-41-27(38)22(2)30(34,35)36/h12-15,23,28H,1-11,16-20H2. The fraction of sp³-hybridized carbons (Fsp3) is 0.600. The highest BCUT2D eigenvalue weighted by molar-refractivity contribution is 5.89. The molecule has 43 heavy (non-hydrogen) atoms. The monoisotopic (exact) mass is 624 g/mol. The highest BCUT2D eigenvalue weighted by atomic mass is 19.4. The second kappa shape index (κ2) is 17.9. The van der Waals surface area contributed by atoms with Crippen molar-refractivity contribution in [3.63, 3.8) is 0 Å². The van der Waals surface area contributed by atoms with E-state index in [4.69, 9.17) is 14.2 Å². The molecule has 1 fully saturated rings. The lowest BCUT2D eigenvalue weighted by atomic mass is 10.0. The molecule has 2 rings (SSSR count). The minimum Gasteiger partial charge on any atom is -0.494 e. The number of benzene rings is 1. The van der Waals surface area contributed by atoms with Gasteiger partial charge in [0.2, 0.25) is 0 Å². The van der Waals surface area contributed by atoms with E-state index < -0.39 is 41.7 Å². The van der Waals surface area contributed by atoms with Gasteiger partial charge in [-0.15, -0.1) is 0 Å². The quantitative estimate of drug-likeness (QED) is 0.0722. The molecular weight excluding hydrogens is 586 g/mol. The van der Waals surface area contributed by atoms with Crippen LogP contribution in [0.25, 0.3) is 0 Å². The largest absolute Gasteiger partial charge is 0.494 e. The normalized spacial score (nSPS) is 17.3. The summed E-state index contributed by atoms with van der Waals surface area (Å²) >= 11 is 0. The average molecular weight is 625 g/mol. The molecule has 0 atom stereocenters. The maximum absolute atomic E-state index is 12.4. The zero-order valence-electron chi connectivity index (χ0n) is 23.9. The van der Waals surface area contributed by atoms with Crippen LogP contribution in [-0.4, -0.2) is 57.3 Å². The molecule has 1 saturated heterocycles. The second-order valence-electron chi connectivity index (χ2n) is 10.1. The Kier molecular flexibility index (Phi) is 15.1. The Bertz CT molecular complexity index is 1030. The molecule has 1 aromatic carbocycles. The third kappa shape index (κ3) is 13.8. The van der Waals surface area contributed by atoms with Gasteiger partial charge in [0.15, 0.2) is 6.29 Å². The van der Waals surface area contributed by atoms with E-state index in [1.165, 1.54) is 0 Å². The van der Waals surface area contributed by atoms with Crippen molar-refractivity contribution < 1.29 is 59.6 Å². The van der Waals surface area contributed by atoms with Crippen molar-refractivity contribution in [1.82, 2.24) is 0 Å². The summed E-state index contributed by atoms with van der Waals surface area (Å²) in [4.78, 5) is 22.5. The van der Waals surface area contributed by atoms with Crippen molar-refractivity contribution >= 4 is 11.9 Å². The average Bonchev–Trinajstić information content (AvgIpc) is 2.96. The van der Waals surface area contributed by atoms with E-state index in [2.05, 4.69) is 22.6 Å². The van der Waals surface area contributed by atoms with Crippen LogP contribution in [0.5, 0.6) is 5.75 Å². The van der Waals surface area contributed by atoms with E-state index >= 15 is 0 Å². The van der Waals surface area contributed by atoms with Crippen LogP contribution < -0.4 is 4.74 Å². The molecule has 0 saturated carbocycles. The van der Waals surface area contributed by atoms with E-state index in [0.717, 1.165) is 44.1 Å². The fourth-order valence-electron chi connectivity index (χ4n) is 4.00. The SMILES string of the molecule is C=C(C(=O)OCCCCCCOc1ccc(C2OCC(CCCCCCOC(=O)C(=C)C(F)(F)F)CO2)cc1)C(F)(F)F. The zero-order valence-corrected chi connectivity index (χ0v) is 23.9. The molecule has 0 unspecified atom stereocenters. The summed E-state index contributed by atoms with van der Waals surface area (Å²) in [6.07, 6.45) is -3.62. The Morgan fingerprint density at radius 3 is 1.60 bits per heavy atom. The Labute approximate surface area is 247 Å². The lowest BCUT2D eigenvalue weighted by Gasteiger charge is -2.29. The number of ether oxygens (including phenoxy) is 5. The highest BCUT2D eigenvalue weighted by Gasteiger charge is 2.38. The van der Waals surface area contributed by atoms with E-state index in [-0.39, 0.29) is 19.1 Å². The number of esters is 2. The van der Waals surface area contributed by atoms with Gasteiger partial charge in [0.25, 0.3) is 0 Å². The molecule has 0 aliphatic carbocycles. The van der Waals surface area contributed by atoms with Gasteiger partial charge >= 0.3 is 24.3 Å². The first-order chi connectivity index (χ1) is 20.3. The maximum atomic E-state index is 12.4. The van der Waals surface area contributed by atoms with Crippen molar-refractivity contribution in [2.75, 3.05) is 33.0 Å². The summed E-state index contributed by atoms with van der Waals surface area (Å²) < 4.78 is 101. The number of hydrogen-bond donors (Lipinski definition) is 0. The molecule has 0 spiro atoms. The fourth-order valence-corrected chi connectivity index (χ4v) is 4.00.